The van der Waals surface area contributed by atoms with Gasteiger partial charge in [-0.3, -0.25) is 4.68 Å². The van der Waals surface area contributed by atoms with E-state index in [2.05, 4.69) is 5.10 Å². The Morgan fingerprint density at radius 1 is 1.45 bits per heavy atom. The van der Waals surface area contributed by atoms with Crippen LogP contribution in [0.4, 0.5) is 0 Å². The Bertz CT molecular complexity index is 710. The molecular weight excluding hydrogens is 304 g/mol. The molecule has 1 aliphatic heterocycles. The molecule has 22 heavy (non-hydrogen) atoms. The zero-order valence-electron chi connectivity index (χ0n) is 12.3. The van der Waals surface area contributed by atoms with E-state index in [-0.39, 0.29) is 11.8 Å². The van der Waals surface area contributed by atoms with Gasteiger partial charge in [-0.2, -0.15) is 16.9 Å². The molecule has 2 aromatic rings. The van der Waals surface area contributed by atoms with E-state index in [4.69, 9.17) is 14.6 Å². The number of hydrogen-bond donors (Lipinski definition) is 1. The molecular formula is C15H16N2O4S. The molecule has 1 N–H and O–H groups in total. The van der Waals surface area contributed by atoms with E-state index in [0.29, 0.717) is 17.2 Å². The Kier molecular flexibility index (Phi) is 3.98. The molecule has 0 spiro atoms. The van der Waals surface area contributed by atoms with Crippen LogP contribution < -0.4 is 9.47 Å². The summed E-state index contributed by atoms with van der Waals surface area (Å²) in [7, 11) is 3.30. The minimum Gasteiger partial charge on any atom is -0.493 e. The van der Waals surface area contributed by atoms with Crippen molar-refractivity contribution in [2.75, 3.05) is 18.6 Å². The maximum atomic E-state index is 11.1. The van der Waals surface area contributed by atoms with Gasteiger partial charge in [-0.05, 0) is 18.2 Å². The molecule has 1 aromatic heterocycles. The van der Waals surface area contributed by atoms with Gasteiger partial charge in [0.2, 0.25) is 0 Å². The summed E-state index contributed by atoms with van der Waals surface area (Å²) >= 11 is 1.83. The lowest BCUT2D eigenvalue weighted by Gasteiger charge is -2.27. The average Bonchev–Trinajstić information content (AvgIpc) is 2.84. The average molecular weight is 320 g/mol. The van der Waals surface area contributed by atoms with E-state index in [1.807, 2.05) is 30.0 Å². The number of methoxy groups -OCH3 is 1. The molecule has 0 atom stereocenters. The van der Waals surface area contributed by atoms with E-state index >= 15 is 0 Å². The summed E-state index contributed by atoms with van der Waals surface area (Å²) in [6, 6.07) is 7.11. The van der Waals surface area contributed by atoms with E-state index in [9.17, 15) is 4.79 Å². The maximum Gasteiger partial charge on any atom is 0.356 e. The summed E-state index contributed by atoms with van der Waals surface area (Å²) in [4.78, 5) is 11.1. The van der Waals surface area contributed by atoms with Crippen molar-refractivity contribution >= 4 is 17.7 Å². The number of aromatic nitrogens is 2. The molecule has 116 valence electrons. The lowest BCUT2D eigenvalue weighted by molar-refractivity contribution is 0.0689. The number of ether oxygens (including phenoxy) is 2. The molecule has 6 nitrogen and oxygen atoms in total. The molecule has 1 fully saturated rings. The zero-order chi connectivity index (χ0) is 15.7. The molecule has 0 unspecified atom stereocenters. The fourth-order valence-corrected chi connectivity index (χ4v) is 2.84. The van der Waals surface area contributed by atoms with Crippen molar-refractivity contribution in [2.24, 2.45) is 7.05 Å². The zero-order valence-corrected chi connectivity index (χ0v) is 13.1. The van der Waals surface area contributed by atoms with Gasteiger partial charge in [0.15, 0.2) is 17.2 Å². The van der Waals surface area contributed by atoms with E-state index in [1.54, 1.807) is 24.9 Å². The number of carbonyl (C=O) groups is 1. The van der Waals surface area contributed by atoms with Crippen LogP contribution in [0.15, 0.2) is 24.3 Å². The minimum absolute atomic E-state index is 0.00506. The van der Waals surface area contributed by atoms with Gasteiger partial charge in [0.1, 0.15) is 6.10 Å². The molecule has 3 rings (SSSR count). The summed E-state index contributed by atoms with van der Waals surface area (Å²) in [5.41, 5.74) is 1.46. The molecule has 1 aliphatic rings. The van der Waals surface area contributed by atoms with Crippen molar-refractivity contribution in [3.8, 4) is 22.8 Å². The number of hydrogen-bond acceptors (Lipinski definition) is 5. The minimum atomic E-state index is -1.05. The Labute approximate surface area is 132 Å². The topological polar surface area (TPSA) is 73.6 Å². The molecule has 7 heteroatoms. The van der Waals surface area contributed by atoms with Gasteiger partial charge in [-0.1, -0.05) is 6.07 Å². The fourth-order valence-electron chi connectivity index (χ4n) is 2.27. The Morgan fingerprint density at radius 2 is 2.23 bits per heavy atom. The molecule has 0 bridgehead atoms. The van der Waals surface area contributed by atoms with Crippen molar-refractivity contribution < 1.29 is 19.4 Å². The quantitative estimate of drug-likeness (QED) is 0.911. The third-order valence-corrected chi connectivity index (χ3v) is 4.68. The molecule has 0 radical (unpaired) electrons. The van der Waals surface area contributed by atoms with Crippen molar-refractivity contribution in [3.63, 3.8) is 0 Å². The van der Waals surface area contributed by atoms with Crippen molar-refractivity contribution in [2.45, 2.75) is 6.10 Å². The number of carboxylic acid groups (broad SMARTS) is 1. The number of nitrogens with zero attached hydrogens (tertiary/aromatic N) is 2. The molecule has 0 saturated carbocycles. The predicted molar refractivity (Wildman–Crippen MR) is 83.9 cm³/mol. The highest BCUT2D eigenvalue weighted by atomic mass is 32.2. The first kappa shape index (κ1) is 14.8. The SMILES string of the molecule is COc1cccc(-c2cc(C(=O)O)nn2C)c1OC1CSC1. The van der Waals surface area contributed by atoms with Crippen LogP contribution in [0.2, 0.25) is 0 Å². The molecule has 1 saturated heterocycles. The van der Waals surface area contributed by atoms with Crippen LogP contribution in [-0.2, 0) is 7.05 Å². The second-order valence-corrected chi connectivity index (χ2v) is 6.03. The predicted octanol–water partition coefficient (Wildman–Crippen LogP) is 2.29. The van der Waals surface area contributed by atoms with Crippen LogP contribution in [0.5, 0.6) is 11.5 Å². The summed E-state index contributed by atoms with van der Waals surface area (Å²) in [6.45, 7) is 0. The number of para-hydroxylation sites is 1. The Morgan fingerprint density at radius 3 is 2.77 bits per heavy atom. The molecule has 0 aliphatic carbocycles. The highest BCUT2D eigenvalue weighted by Gasteiger charge is 2.25. The van der Waals surface area contributed by atoms with Crippen molar-refractivity contribution in [1.29, 1.82) is 0 Å². The van der Waals surface area contributed by atoms with Gasteiger partial charge in [0.05, 0.1) is 12.8 Å². The second kappa shape index (κ2) is 5.92. The maximum absolute atomic E-state index is 11.1. The normalized spacial score (nSPS) is 14.5. The standard InChI is InChI=1S/C15H16N2O4S/c1-17-12(6-11(16-17)15(18)19)10-4-3-5-13(20-2)14(10)21-9-7-22-8-9/h3-6,9H,7-8H2,1-2H3,(H,18,19). The van der Waals surface area contributed by atoms with Gasteiger partial charge in [0, 0.05) is 24.1 Å². The van der Waals surface area contributed by atoms with Gasteiger partial charge in [-0.15, -0.1) is 0 Å². The Balaban J connectivity index is 2.07. The van der Waals surface area contributed by atoms with Crippen LogP contribution in [0.1, 0.15) is 10.5 Å². The second-order valence-electron chi connectivity index (χ2n) is 4.96. The number of aryl methyl sites for hydroxylation is 1. The largest absolute Gasteiger partial charge is 0.493 e. The van der Waals surface area contributed by atoms with Crippen LogP contribution in [0.25, 0.3) is 11.3 Å². The van der Waals surface area contributed by atoms with Crippen LogP contribution in [0.3, 0.4) is 0 Å². The van der Waals surface area contributed by atoms with Gasteiger partial charge >= 0.3 is 5.97 Å². The first-order chi connectivity index (χ1) is 10.6. The van der Waals surface area contributed by atoms with Gasteiger partial charge < -0.3 is 14.6 Å². The first-order valence-electron chi connectivity index (χ1n) is 6.79. The molecule has 0 amide bonds. The van der Waals surface area contributed by atoms with E-state index in [0.717, 1.165) is 17.1 Å². The number of aromatic carboxylic acids is 1. The van der Waals surface area contributed by atoms with Crippen molar-refractivity contribution in [3.05, 3.63) is 30.0 Å². The van der Waals surface area contributed by atoms with Crippen LogP contribution in [-0.4, -0.2) is 45.6 Å². The lowest BCUT2D eigenvalue weighted by atomic mass is 10.1. The first-order valence-corrected chi connectivity index (χ1v) is 7.94. The smallest absolute Gasteiger partial charge is 0.356 e. The van der Waals surface area contributed by atoms with E-state index in [1.165, 1.54) is 0 Å². The third-order valence-electron chi connectivity index (χ3n) is 3.47. The summed E-state index contributed by atoms with van der Waals surface area (Å²) in [5.74, 6) is 2.11. The van der Waals surface area contributed by atoms with Crippen molar-refractivity contribution in [1.82, 2.24) is 9.78 Å². The number of thioether (sulfide) groups is 1. The summed E-state index contributed by atoms with van der Waals surface area (Å²) < 4.78 is 13.0. The highest BCUT2D eigenvalue weighted by Crippen LogP contribution is 2.40. The molecule has 2 heterocycles. The number of carboxylic acids is 1. The highest BCUT2D eigenvalue weighted by molar-refractivity contribution is 8.00. The van der Waals surface area contributed by atoms with Crippen LogP contribution >= 0.6 is 11.8 Å². The monoisotopic (exact) mass is 320 g/mol. The Hall–Kier alpha value is -2.15. The number of rotatable bonds is 5. The van der Waals surface area contributed by atoms with E-state index < -0.39 is 5.97 Å². The summed E-state index contributed by atoms with van der Waals surface area (Å²) in [6.07, 6.45) is 0.159. The lowest BCUT2D eigenvalue weighted by Crippen LogP contribution is -2.31. The van der Waals surface area contributed by atoms with Gasteiger partial charge in [0.25, 0.3) is 0 Å². The van der Waals surface area contributed by atoms with Gasteiger partial charge in [-0.25, -0.2) is 4.79 Å². The summed E-state index contributed by atoms with van der Waals surface area (Å²) in [5, 5.41) is 13.1. The van der Waals surface area contributed by atoms with Crippen LogP contribution in [0, 0.1) is 0 Å². The molecule has 1 aromatic carbocycles. The number of benzene rings is 1. The fraction of sp³-hybridized carbons (Fsp3) is 0.333. The third kappa shape index (κ3) is 2.64.